The first-order chi connectivity index (χ1) is 16.1. The number of nitrogens with zero attached hydrogens (tertiary/aromatic N) is 5. The summed E-state index contributed by atoms with van der Waals surface area (Å²) < 4.78 is 32.0. The van der Waals surface area contributed by atoms with Gasteiger partial charge < -0.3 is 15.3 Å². The first-order valence-corrected chi connectivity index (χ1v) is 11.6. The lowest BCUT2D eigenvalue weighted by Gasteiger charge is -2.56. The molecular weight excluding hydrogens is 438 g/mol. The fourth-order valence-electron chi connectivity index (χ4n) is 5.68. The Balaban J connectivity index is 1.40. The molecule has 180 valence electrons. The van der Waals surface area contributed by atoms with E-state index >= 15 is 4.39 Å². The average Bonchev–Trinajstić information content (AvgIpc) is 3.23. The van der Waals surface area contributed by atoms with E-state index in [9.17, 15) is 9.50 Å². The number of alkyl halides is 1. The van der Waals surface area contributed by atoms with Crippen LogP contribution in [0.2, 0.25) is 0 Å². The number of nitrogens with one attached hydrogen (secondary N) is 1. The molecule has 0 spiro atoms. The molecule has 2 aliphatic heterocycles. The highest BCUT2D eigenvalue weighted by atomic mass is 19.1. The number of phenolic OH excluding ortho intramolecular Hbond substituents is 1. The van der Waals surface area contributed by atoms with Gasteiger partial charge in [0.2, 0.25) is 0 Å². The van der Waals surface area contributed by atoms with Crippen molar-refractivity contribution in [3.8, 4) is 28.3 Å². The summed E-state index contributed by atoms with van der Waals surface area (Å²) in [6.07, 6.45) is 7.20. The van der Waals surface area contributed by atoms with Crippen LogP contribution in [-0.4, -0.2) is 55.2 Å². The molecule has 0 aliphatic carbocycles. The predicted octanol–water partition coefficient (Wildman–Crippen LogP) is 4.23. The third-order valence-corrected chi connectivity index (χ3v) is 7.47. The van der Waals surface area contributed by atoms with E-state index in [-0.39, 0.29) is 28.5 Å². The van der Waals surface area contributed by atoms with Crippen molar-refractivity contribution in [2.45, 2.75) is 62.8 Å². The normalized spacial score (nSPS) is 28.6. The van der Waals surface area contributed by atoms with Gasteiger partial charge in [-0.3, -0.25) is 9.67 Å². The zero-order valence-electron chi connectivity index (χ0n) is 19.9. The van der Waals surface area contributed by atoms with Gasteiger partial charge in [0, 0.05) is 42.5 Å². The summed E-state index contributed by atoms with van der Waals surface area (Å²) in [6.45, 7) is 4.13. The Kier molecular flexibility index (Phi) is 5.35. The Morgan fingerprint density at radius 1 is 1.15 bits per heavy atom. The standard InChI is InChI=1S/C25H30F2N6O/c1-24-7-5-8-25(2,31-24)23(27)20(12-24)33(4)22-14-28-19(13-29-22)16-10-17(26)15(11-21(16)34)18-6-9-32(3)30-18/h6,9-11,13-14,20,23,31,34H,5,7-8,12H2,1-4H3/t20-,23-,24-,25+/m1/s1. The fraction of sp³-hybridized carbons (Fsp3) is 0.480. The molecule has 2 bridgehead atoms. The number of aryl methyl sites for hydroxylation is 1. The highest BCUT2D eigenvalue weighted by Gasteiger charge is 2.53. The number of halogens is 2. The molecule has 2 aromatic heterocycles. The van der Waals surface area contributed by atoms with Gasteiger partial charge in [-0.25, -0.2) is 13.8 Å². The van der Waals surface area contributed by atoms with Crippen LogP contribution < -0.4 is 10.2 Å². The van der Waals surface area contributed by atoms with Crippen LogP contribution in [0.1, 0.15) is 39.5 Å². The maximum atomic E-state index is 15.6. The molecule has 2 saturated heterocycles. The van der Waals surface area contributed by atoms with Crippen LogP contribution in [-0.2, 0) is 7.05 Å². The Hall–Kier alpha value is -3.07. The maximum Gasteiger partial charge on any atom is 0.147 e. The monoisotopic (exact) mass is 468 g/mol. The van der Waals surface area contributed by atoms with Crippen molar-refractivity contribution in [3.05, 3.63) is 42.6 Å². The number of fused-ring (bicyclic) bond motifs is 2. The van der Waals surface area contributed by atoms with Gasteiger partial charge in [0.15, 0.2) is 0 Å². The van der Waals surface area contributed by atoms with Crippen molar-refractivity contribution in [1.29, 1.82) is 0 Å². The first kappa shape index (κ1) is 22.7. The van der Waals surface area contributed by atoms with Crippen LogP contribution in [0.5, 0.6) is 5.75 Å². The van der Waals surface area contributed by atoms with Crippen molar-refractivity contribution >= 4 is 5.82 Å². The number of rotatable bonds is 4. The van der Waals surface area contributed by atoms with E-state index in [0.717, 1.165) is 19.3 Å². The molecule has 0 unspecified atom stereocenters. The molecule has 2 N–H and O–H groups in total. The van der Waals surface area contributed by atoms with Crippen LogP contribution in [0.4, 0.5) is 14.6 Å². The third-order valence-electron chi connectivity index (χ3n) is 7.47. The summed E-state index contributed by atoms with van der Waals surface area (Å²) in [4.78, 5) is 10.8. The summed E-state index contributed by atoms with van der Waals surface area (Å²) in [5.74, 6) is -0.0977. The van der Waals surface area contributed by atoms with Crippen molar-refractivity contribution in [1.82, 2.24) is 25.1 Å². The second-order valence-corrected chi connectivity index (χ2v) is 10.2. The number of phenols is 1. The molecule has 1 aromatic carbocycles. The van der Waals surface area contributed by atoms with E-state index in [1.165, 1.54) is 18.3 Å². The third kappa shape index (κ3) is 3.81. The van der Waals surface area contributed by atoms with Crippen molar-refractivity contribution in [2.24, 2.45) is 7.05 Å². The summed E-state index contributed by atoms with van der Waals surface area (Å²) in [5.41, 5.74) is 0.535. The lowest BCUT2D eigenvalue weighted by atomic mass is 9.68. The smallest absolute Gasteiger partial charge is 0.147 e. The zero-order valence-corrected chi connectivity index (χ0v) is 19.9. The molecule has 0 radical (unpaired) electrons. The van der Waals surface area contributed by atoms with Crippen LogP contribution in [0.25, 0.3) is 22.5 Å². The molecule has 34 heavy (non-hydrogen) atoms. The minimum Gasteiger partial charge on any atom is -0.507 e. The van der Waals surface area contributed by atoms with Gasteiger partial charge >= 0.3 is 0 Å². The van der Waals surface area contributed by atoms with Crippen molar-refractivity contribution < 1.29 is 13.9 Å². The van der Waals surface area contributed by atoms with E-state index in [2.05, 4.69) is 27.3 Å². The zero-order chi connectivity index (χ0) is 24.3. The van der Waals surface area contributed by atoms with Crippen LogP contribution in [0.3, 0.4) is 0 Å². The molecule has 0 amide bonds. The van der Waals surface area contributed by atoms with Gasteiger partial charge in [0.05, 0.1) is 29.8 Å². The van der Waals surface area contributed by atoms with Gasteiger partial charge in [0.25, 0.3) is 0 Å². The highest BCUT2D eigenvalue weighted by molar-refractivity contribution is 5.73. The second kappa shape index (κ2) is 8.01. The molecule has 5 rings (SSSR count). The molecule has 4 heterocycles. The van der Waals surface area contributed by atoms with Crippen molar-refractivity contribution in [3.63, 3.8) is 0 Å². The summed E-state index contributed by atoms with van der Waals surface area (Å²) in [7, 11) is 3.58. The number of aromatic nitrogens is 4. The molecular formula is C25H30F2N6O. The number of aromatic hydroxyl groups is 1. The molecule has 2 fully saturated rings. The first-order valence-electron chi connectivity index (χ1n) is 11.6. The maximum absolute atomic E-state index is 15.6. The lowest BCUT2D eigenvalue weighted by molar-refractivity contribution is 0.00197. The largest absolute Gasteiger partial charge is 0.507 e. The van der Waals surface area contributed by atoms with Gasteiger partial charge in [-0.1, -0.05) is 0 Å². The average molecular weight is 469 g/mol. The van der Waals surface area contributed by atoms with Crippen LogP contribution in [0, 0.1) is 5.82 Å². The summed E-state index contributed by atoms with van der Waals surface area (Å²) in [6, 6.07) is 3.92. The lowest BCUT2D eigenvalue weighted by Crippen LogP contribution is -2.72. The molecule has 4 atom stereocenters. The van der Waals surface area contributed by atoms with Gasteiger partial charge in [-0.2, -0.15) is 5.10 Å². The van der Waals surface area contributed by atoms with E-state index in [1.807, 2.05) is 18.9 Å². The molecule has 0 saturated carbocycles. The van der Waals surface area contributed by atoms with E-state index in [0.29, 0.717) is 23.6 Å². The molecule has 2 aliphatic rings. The Morgan fingerprint density at radius 3 is 2.62 bits per heavy atom. The Morgan fingerprint density at radius 2 is 1.94 bits per heavy atom. The minimum atomic E-state index is -1.05. The minimum absolute atomic E-state index is 0.111. The summed E-state index contributed by atoms with van der Waals surface area (Å²) >= 11 is 0. The topological polar surface area (TPSA) is 79.1 Å². The van der Waals surface area contributed by atoms with Crippen molar-refractivity contribution in [2.75, 3.05) is 11.9 Å². The van der Waals surface area contributed by atoms with Gasteiger partial charge in [0.1, 0.15) is 23.6 Å². The van der Waals surface area contributed by atoms with Gasteiger partial charge in [-0.05, 0) is 57.7 Å². The van der Waals surface area contributed by atoms with Crippen LogP contribution >= 0.6 is 0 Å². The van der Waals surface area contributed by atoms with Crippen LogP contribution in [0.15, 0.2) is 36.8 Å². The highest BCUT2D eigenvalue weighted by Crippen LogP contribution is 2.43. The molecule has 7 nitrogen and oxygen atoms in total. The van der Waals surface area contributed by atoms with E-state index in [4.69, 9.17) is 0 Å². The molecule has 9 heteroatoms. The number of piperidine rings is 2. The Bertz CT molecular complexity index is 1210. The predicted molar refractivity (Wildman–Crippen MR) is 127 cm³/mol. The number of anilines is 1. The van der Waals surface area contributed by atoms with Gasteiger partial charge in [-0.15, -0.1) is 0 Å². The number of hydrogen-bond acceptors (Lipinski definition) is 6. The van der Waals surface area contributed by atoms with E-state index in [1.54, 1.807) is 30.2 Å². The fourth-order valence-corrected chi connectivity index (χ4v) is 5.68. The van der Waals surface area contributed by atoms with E-state index < -0.39 is 17.5 Å². The number of benzene rings is 1. The SMILES string of the molecule is CN(c1cnc(-c2cc(F)c(-c3ccn(C)n3)cc2O)cn1)[C@@H]1C[C@@]2(C)CCC[C@](C)(N2)[C@@H]1F. The second-order valence-electron chi connectivity index (χ2n) is 10.2. The molecule has 3 aromatic rings. The Labute approximate surface area is 197 Å². The number of hydrogen-bond donors (Lipinski definition) is 2. The quantitative estimate of drug-likeness (QED) is 0.597. The summed E-state index contributed by atoms with van der Waals surface area (Å²) in [5, 5.41) is 18.3.